The first-order valence-electron chi connectivity index (χ1n) is 9.52. The monoisotopic (exact) mass is 370 g/mol. The van der Waals surface area contributed by atoms with Crippen LogP contribution in [0.1, 0.15) is 61.8 Å². The Labute approximate surface area is 153 Å². The van der Waals surface area contributed by atoms with Crippen LogP contribution in [-0.4, -0.2) is 28.8 Å². The Morgan fingerprint density at radius 1 is 0.875 bits per heavy atom. The van der Waals surface area contributed by atoms with Crippen LogP contribution in [-0.2, 0) is 8.85 Å². The standard InChI is InChI=1S/C20H42O2Si2/c1-15-13-16(2)18(22-24(11,12)20(6,7)8)17(14-15)21-23(9,10)19(3,4)5/h13,15,17-18H,14H2,1-12H3/t15-,17-,18-/m0/s1. The predicted molar refractivity (Wildman–Crippen MR) is 112 cm³/mol. The van der Waals surface area contributed by atoms with Crippen molar-refractivity contribution in [3.63, 3.8) is 0 Å². The summed E-state index contributed by atoms with van der Waals surface area (Å²) in [5, 5.41) is 0.449. The summed E-state index contributed by atoms with van der Waals surface area (Å²) in [5.74, 6) is 0.569. The van der Waals surface area contributed by atoms with Gasteiger partial charge in [0.05, 0.1) is 12.2 Å². The second-order valence-electron chi connectivity index (χ2n) is 10.8. The average molecular weight is 371 g/mol. The van der Waals surface area contributed by atoms with Crippen molar-refractivity contribution in [2.75, 3.05) is 0 Å². The molecule has 0 radical (unpaired) electrons. The number of rotatable bonds is 4. The molecule has 0 aromatic heterocycles. The minimum absolute atomic E-state index is 0.121. The van der Waals surface area contributed by atoms with Crippen LogP contribution < -0.4 is 0 Å². The van der Waals surface area contributed by atoms with Crippen molar-refractivity contribution in [1.29, 1.82) is 0 Å². The lowest BCUT2D eigenvalue weighted by Gasteiger charge is -2.47. The Morgan fingerprint density at radius 2 is 1.29 bits per heavy atom. The molecule has 0 unspecified atom stereocenters. The Morgan fingerprint density at radius 3 is 1.71 bits per heavy atom. The highest BCUT2D eigenvalue weighted by atomic mass is 28.4. The first-order valence-corrected chi connectivity index (χ1v) is 15.3. The highest BCUT2D eigenvalue weighted by Crippen LogP contribution is 2.43. The van der Waals surface area contributed by atoms with E-state index in [1.165, 1.54) is 5.57 Å². The maximum Gasteiger partial charge on any atom is 0.193 e. The van der Waals surface area contributed by atoms with Gasteiger partial charge in [-0.3, -0.25) is 0 Å². The lowest BCUT2D eigenvalue weighted by Crippen LogP contribution is -2.53. The summed E-state index contributed by atoms with van der Waals surface area (Å²) in [7, 11) is -3.63. The molecule has 0 N–H and O–H groups in total. The van der Waals surface area contributed by atoms with Crippen molar-refractivity contribution < 1.29 is 8.85 Å². The summed E-state index contributed by atoms with van der Waals surface area (Å²) in [6.07, 6.45) is 3.78. The van der Waals surface area contributed by atoms with E-state index in [1.54, 1.807) is 0 Å². The molecule has 2 nitrogen and oxygen atoms in total. The summed E-state index contributed by atoms with van der Waals surface area (Å²) in [4.78, 5) is 0. The average Bonchev–Trinajstić information content (AvgIpc) is 2.30. The maximum atomic E-state index is 6.85. The molecule has 1 rings (SSSR count). The molecule has 0 aliphatic heterocycles. The summed E-state index contributed by atoms with van der Waals surface area (Å²) in [5.41, 5.74) is 1.36. The smallest absolute Gasteiger partial charge is 0.193 e. The van der Waals surface area contributed by atoms with E-state index in [1.807, 2.05) is 0 Å². The van der Waals surface area contributed by atoms with Gasteiger partial charge < -0.3 is 8.85 Å². The molecule has 0 fully saturated rings. The Bertz CT molecular complexity index is 467. The van der Waals surface area contributed by atoms with Crippen molar-refractivity contribution in [2.24, 2.45) is 5.92 Å². The third-order valence-electron chi connectivity index (χ3n) is 6.42. The molecule has 4 heteroatoms. The normalized spacial score (nSPS) is 27.2. The third kappa shape index (κ3) is 5.06. The molecule has 24 heavy (non-hydrogen) atoms. The Balaban J connectivity index is 3.11. The van der Waals surface area contributed by atoms with E-state index in [0.717, 1.165) is 6.42 Å². The highest BCUT2D eigenvalue weighted by molar-refractivity contribution is 6.74. The fourth-order valence-electron chi connectivity index (χ4n) is 2.72. The minimum atomic E-state index is -1.82. The van der Waals surface area contributed by atoms with Crippen molar-refractivity contribution in [2.45, 2.75) is 110 Å². The van der Waals surface area contributed by atoms with Crippen molar-refractivity contribution in [1.82, 2.24) is 0 Å². The fraction of sp³-hybridized carbons (Fsp3) is 0.900. The topological polar surface area (TPSA) is 18.5 Å². The van der Waals surface area contributed by atoms with E-state index < -0.39 is 16.6 Å². The quantitative estimate of drug-likeness (QED) is 0.402. The number of allylic oxidation sites excluding steroid dienone is 1. The Hall–Kier alpha value is 0.0938. The van der Waals surface area contributed by atoms with Crippen LogP contribution >= 0.6 is 0 Å². The second-order valence-corrected chi connectivity index (χ2v) is 20.4. The summed E-state index contributed by atoms with van der Waals surface area (Å²) < 4.78 is 13.7. The van der Waals surface area contributed by atoms with E-state index >= 15 is 0 Å². The van der Waals surface area contributed by atoms with E-state index in [2.05, 4.69) is 87.7 Å². The second kappa shape index (κ2) is 7.01. The molecule has 0 saturated heterocycles. The molecule has 0 heterocycles. The highest BCUT2D eigenvalue weighted by Gasteiger charge is 2.46. The van der Waals surface area contributed by atoms with Gasteiger partial charge >= 0.3 is 0 Å². The van der Waals surface area contributed by atoms with Gasteiger partial charge in [-0.1, -0.05) is 54.5 Å². The maximum absolute atomic E-state index is 6.85. The van der Waals surface area contributed by atoms with E-state index in [4.69, 9.17) is 8.85 Å². The van der Waals surface area contributed by atoms with Gasteiger partial charge in [-0.2, -0.15) is 0 Å². The van der Waals surface area contributed by atoms with Crippen molar-refractivity contribution in [3.8, 4) is 0 Å². The summed E-state index contributed by atoms with van der Waals surface area (Å²) in [6, 6.07) is 0. The van der Waals surface area contributed by atoms with Gasteiger partial charge in [0.2, 0.25) is 0 Å². The minimum Gasteiger partial charge on any atom is -0.411 e. The SMILES string of the molecule is CC1=C[C@H](C)C[C@H](O[Si](C)(C)C(C)(C)C)[C@H]1O[Si](C)(C)C(C)(C)C. The molecule has 1 aliphatic carbocycles. The lowest BCUT2D eigenvalue weighted by atomic mass is 9.88. The van der Waals surface area contributed by atoms with Gasteiger partial charge in [-0.05, 0) is 61.1 Å². The van der Waals surface area contributed by atoms with E-state index in [9.17, 15) is 0 Å². The van der Waals surface area contributed by atoms with Crippen LogP contribution in [0, 0.1) is 5.92 Å². The summed E-state index contributed by atoms with van der Waals surface area (Å²) >= 11 is 0. The molecule has 1 aliphatic rings. The molecule has 0 aromatic carbocycles. The third-order valence-corrected chi connectivity index (χ3v) is 15.4. The summed E-state index contributed by atoms with van der Waals surface area (Å²) in [6.45, 7) is 27.8. The van der Waals surface area contributed by atoms with Gasteiger partial charge in [0.25, 0.3) is 0 Å². The van der Waals surface area contributed by atoms with Crippen LogP contribution in [0.15, 0.2) is 11.6 Å². The van der Waals surface area contributed by atoms with Gasteiger partial charge in [0.15, 0.2) is 16.6 Å². The van der Waals surface area contributed by atoms with E-state index in [0.29, 0.717) is 5.92 Å². The molecule has 0 saturated carbocycles. The molecule has 0 aromatic rings. The van der Waals surface area contributed by atoms with Crippen LogP contribution in [0.2, 0.25) is 36.3 Å². The van der Waals surface area contributed by atoms with Gasteiger partial charge in [-0.15, -0.1) is 0 Å². The van der Waals surface area contributed by atoms with Crippen LogP contribution in [0.3, 0.4) is 0 Å². The number of hydrogen-bond donors (Lipinski definition) is 0. The molecule has 0 bridgehead atoms. The fourth-order valence-corrected chi connectivity index (χ4v) is 5.38. The zero-order chi connectivity index (χ0) is 19.1. The zero-order valence-electron chi connectivity index (χ0n) is 18.3. The molecule has 0 spiro atoms. The van der Waals surface area contributed by atoms with Crippen LogP contribution in [0.5, 0.6) is 0 Å². The largest absolute Gasteiger partial charge is 0.411 e. The van der Waals surface area contributed by atoms with Crippen molar-refractivity contribution in [3.05, 3.63) is 11.6 Å². The molecular formula is C20H42O2Si2. The van der Waals surface area contributed by atoms with Gasteiger partial charge in [0, 0.05) is 0 Å². The van der Waals surface area contributed by atoms with Gasteiger partial charge in [0.1, 0.15) is 0 Å². The van der Waals surface area contributed by atoms with Crippen molar-refractivity contribution >= 4 is 16.6 Å². The zero-order valence-corrected chi connectivity index (χ0v) is 20.3. The predicted octanol–water partition coefficient (Wildman–Crippen LogP) is 6.75. The lowest BCUT2D eigenvalue weighted by molar-refractivity contribution is 0.0377. The van der Waals surface area contributed by atoms with Gasteiger partial charge in [-0.25, -0.2) is 0 Å². The van der Waals surface area contributed by atoms with Crippen LogP contribution in [0.25, 0.3) is 0 Å². The van der Waals surface area contributed by atoms with Crippen LogP contribution in [0.4, 0.5) is 0 Å². The molecular weight excluding hydrogens is 328 g/mol. The molecule has 0 amide bonds. The number of hydrogen-bond acceptors (Lipinski definition) is 2. The van der Waals surface area contributed by atoms with E-state index in [-0.39, 0.29) is 22.3 Å². The Kier molecular flexibility index (Phi) is 6.47. The first-order chi connectivity index (χ1) is 10.5. The molecule has 3 atom stereocenters. The first kappa shape index (κ1) is 22.1. The molecule has 142 valence electrons.